The molecule has 1 aliphatic rings. The van der Waals surface area contributed by atoms with Crippen LogP contribution in [0.15, 0.2) is 53.3 Å². The molecular formula is C22H25N3O2. The third kappa shape index (κ3) is 3.98. The van der Waals surface area contributed by atoms with Crippen LogP contribution >= 0.6 is 0 Å². The molecule has 0 aliphatic carbocycles. The molecule has 0 atom stereocenters. The predicted octanol–water partition coefficient (Wildman–Crippen LogP) is 3.41. The smallest absolute Gasteiger partial charge is 0.253 e. The molecule has 1 saturated heterocycles. The van der Waals surface area contributed by atoms with Crippen LogP contribution in [0.25, 0.3) is 10.9 Å². The number of aliphatic hydroxyl groups is 1. The van der Waals surface area contributed by atoms with Gasteiger partial charge >= 0.3 is 0 Å². The van der Waals surface area contributed by atoms with E-state index in [1.807, 2.05) is 37.3 Å². The SMILES string of the molecule is Cc1ccc2cc(CNc3ccc(N4CCC(O)CC4)cc3)c(=O)[nH]c2c1. The summed E-state index contributed by atoms with van der Waals surface area (Å²) < 4.78 is 0. The highest BCUT2D eigenvalue weighted by molar-refractivity contribution is 5.79. The summed E-state index contributed by atoms with van der Waals surface area (Å²) in [5.74, 6) is 0. The van der Waals surface area contributed by atoms with Gasteiger partial charge in [0.15, 0.2) is 0 Å². The standard InChI is InChI=1S/C22H25N3O2/c1-15-2-3-16-13-17(22(27)24-21(16)12-15)14-23-18-4-6-19(7-5-18)25-10-8-20(26)9-11-25/h2-7,12-13,20,23,26H,8-11,14H2,1H3,(H,24,27). The van der Waals surface area contributed by atoms with Crippen molar-refractivity contribution < 1.29 is 5.11 Å². The second kappa shape index (κ2) is 7.45. The first-order valence-electron chi connectivity index (χ1n) is 9.48. The molecule has 1 aromatic heterocycles. The van der Waals surface area contributed by atoms with Gasteiger partial charge in [0.05, 0.1) is 6.10 Å². The Morgan fingerprint density at radius 3 is 2.59 bits per heavy atom. The summed E-state index contributed by atoms with van der Waals surface area (Å²) in [6, 6.07) is 16.3. The zero-order chi connectivity index (χ0) is 18.8. The minimum absolute atomic E-state index is 0.0518. The number of aliphatic hydroxyl groups excluding tert-OH is 1. The lowest BCUT2D eigenvalue weighted by atomic mass is 10.1. The zero-order valence-corrected chi connectivity index (χ0v) is 15.5. The molecule has 140 valence electrons. The Hall–Kier alpha value is -2.79. The summed E-state index contributed by atoms with van der Waals surface area (Å²) in [7, 11) is 0. The van der Waals surface area contributed by atoms with Gasteiger partial charge in [-0.25, -0.2) is 0 Å². The van der Waals surface area contributed by atoms with Crippen LogP contribution in [0, 0.1) is 6.92 Å². The molecule has 0 saturated carbocycles. The van der Waals surface area contributed by atoms with E-state index < -0.39 is 0 Å². The quantitative estimate of drug-likeness (QED) is 0.664. The van der Waals surface area contributed by atoms with Crippen molar-refractivity contribution in [2.75, 3.05) is 23.3 Å². The van der Waals surface area contributed by atoms with E-state index in [9.17, 15) is 9.90 Å². The lowest BCUT2D eigenvalue weighted by molar-refractivity contribution is 0.145. The Morgan fingerprint density at radius 1 is 1.11 bits per heavy atom. The second-order valence-corrected chi connectivity index (χ2v) is 7.33. The summed E-state index contributed by atoms with van der Waals surface area (Å²) >= 11 is 0. The van der Waals surface area contributed by atoms with Gasteiger partial charge in [-0.2, -0.15) is 0 Å². The molecule has 2 heterocycles. The molecule has 27 heavy (non-hydrogen) atoms. The fraction of sp³-hybridized carbons (Fsp3) is 0.318. The van der Waals surface area contributed by atoms with E-state index in [4.69, 9.17) is 0 Å². The minimum atomic E-state index is -0.161. The molecule has 0 amide bonds. The molecule has 5 nitrogen and oxygen atoms in total. The lowest BCUT2D eigenvalue weighted by Crippen LogP contribution is -2.35. The maximum absolute atomic E-state index is 12.3. The molecule has 5 heteroatoms. The van der Waals surface area contributed by atoms with Gasteiger partial charge in [-0.05, 0) is 67.1 Å². The summed E-state index contributed by atoms with van der Waals surface area (Å²) in [6.45, 7) is 4.27. The maximum Gasteiger partial charge on any atom is 0.253 e. The average molecular weight is 363 g/mol. The van der Waals surface area contributed by atoms with E-state index in [1.165, 1.54) is 5.69 Å². The number of hydrogen-bond acceptors (Lipinski definition) is 4. The van der Waals surface area contributed by atoms with Crippen molar-refractivity contribution in [1.82, 2.24) is 4.98 Å². The molecule has 2 aromatic carbocycles. The highest BCUT2D eigenvalue weighted by Gasteiger charge is 2.17. The van der Waals surface area contributed by atoms with E-state index in [1.54, 1.807) is 0 Å². The van der Waals surface area contributed by atoms with Crippen molar-refractivity contribution >= 4 is 22.3 Å². The van der Waals surface area contributed by atoms with Gasteiger partial charge in [0.25, 0.3) is 5.56 Å². The number of benzene rings is 2. The molecule has 1 fully saturated rings. The van der Waals surface area contributed by atoms with Crippen molar-refractivity contribution in [3.8, 4) is 0 Å². The van der Waals surface area contributed by atoms with Crippen molar-refractivity contribution in [3.05, 3.63) is 70.0 Å². The van der Waals surface area contributed by atoms with Gasteiger partial charge in [0.2, 0.25) is 0 Å². The summed E-state index contributed by atoms with van der Waals surface area (Å²) in [5, 5.41) is 14.0. The first-order valence-corrected chi connectivity index (χ1v) is 9.48. The Morgan fingerprint density at radius 2 is 1.85 bits per heavy atom. The number of piperidine rings is 1. The van der Waals surface area contributed by atoms with Gasteiger partial charge < -0.3 is 20.3 Å². The molecule has 3 aromatic rings. The van der Waals surface area contributed by atoms with E-state index in [2.05, 4.69) is 33.4 Å². The number of pyridine rings is 1. The van der Waals surface area contributed by atoms with E-state index in [0.717, 1.165) is 53.6 Å². The summed E-state index contributed by atoms with van der Waals surface area (Å²) in [5.41, 5.74) is 4.84. The number of aryl methyl sites for hydroxylation is 1. The zero-order valence-electron chi connectivity index (χ0n) is 15.5. The highest BCUT2D eigenvalue weighted by atomic mass is 16.3. The van der Waals surface area contributed by atoms with Crippen LogP contribution in [0.3, 0.4) is 0 Å². The molecule has 0 spiro atoms. The van der Waals surface area contributed by atoms with Crippen LogP contribution in [0.4, 0.5) is 11.4 Å². The van der Waals surface area contributed by atoms with Crippen LogP contribution in [0.5, 0.6) is 0 Å². The normalized spacial score (nSPS) is 15.3. The molecule has 0 radical (unpaired) electrons. The monoisotopic (exact) mass is 363 g/mol. The van der Waals surface area contributed by atoms with Crippen molar-refractivity contribution in [3.63, 3.8) is 0 Å². The number of hydrogen-bond donors (Lipinski definition) is 3. The number of H-pyrrole nitrogens is 1. The first kappa shape index (κ1) is 17.6. The van der Waals surface area contributed by atoms with E-state index in [-0.39, 0.29) is 11.7 Å². The highest BCUT2D eigenvalue weighted by Crippen LogP contribution is 2.22. The van der Waals surface area contributed by atoms with Crippen LogP contribution in [-0.4, -0.2) is 29.3 Å². The van der Waals surface area contributed by atoms with Crippen molar-refractivity contribution in [2.24, 2.45) is 0 Å². The fourth-order valence-electron chi connectivity index (χ4n) is 3.60. The van der Waals surface area contributed by atoms with Crippen LogP contribution in [0.2, 0.25) is 0 Å². The maximum atomic E-state index is 12.3. The Kier molecular flexibility index (Phi) is 4.86. The number of rotatable bonds is 4. The molecule has 4 rings (SSSR count). The van der Waals surface area contributed by atoms with Crippen LogP contribution in [-0.2, 0) is 6.54 Å². The second-order valence-electron chi connectivity index (χ2n) is 7.33. The molecule has 3 N–H and O–H groups in total. The van der Waals surface area contributed by atoms with Crippen molar-refractivity contribution in [2.45, 2.75) is 32.4 Å². The van der Waals surface area contributed by atoms with E-state index in [0.29, 0.717) is 6.54 Å². The van der Waals surface area contributed by atoms with Gasteiger partial charge in [-0.1, -0.05) is 12.1 Å². The largest absolute Gasteiger partial charge is 0.393 e. The Bertz CT molecular complexity index is 987. The third-order valence-corrected chi connectivity index (χ3v) is 5.26. The summed E-state index contributed by atoms with van der Waals surface area (Å²) in [6.07, 6.45) is 1.49. The van der Waals surface area contributed by atoms with Gasteiger partial charge in [0, 0.05) is 42.1 Å². The van der Waals surface area contributed by atoms with Gasteiger partial charge in [0.1, 0.15) is 0 Å². The number of aromatic amines is 1. The fourth-order valence-corrected chi connectivity index (χ4v) is 3.60. The Balaban J connectivity index is 1.44. The first-order chi connectivity index (χ1) is 13.1. The van der Waals surface area contributed by atoms with Gasteiger partial charge in [-0.15, -0.1) is 0 Å². The van der Waals surface area contributed by atoms with Crippen LogP contribution < -0.4 is 15.8 Å². The summed E-state index contributed by atoms with van der Waals surface area (Å²) in [4.78, 5) is 17.6. The third-order valence-electron chi connectivity index (χ3n) is 5.26. The van der Waals surface area contributed by atoms with Crippen molar-refractivity contribution in [1.29, 1.82) is 0 Å². The number of fused-ring (bicyclic) bond motifs is 1. The average Bonchev–Trinajstić information content (AvgIpc) is 2.67. The van der Waals surface area contributed by atoms with Gasteiger partial charge in [-0.3, -0.25) is 4.79 Å². The number of aromatic nitrogens is 1. The number of nitrogens with one attached hydrogen (secondary N) is 2. The lowest BCUT2D eigenvalue weighted by Gasteiger charge is -2.31. The minimum Gasteiger partial charge on any atom is -0.393 e. The number of anilines is 2. The molecule has 0 bridgehead atoms. The van der Waals surface area contributed by atoms with Crippen LogP contribution in [0.1, 0.15) is 24.0 Å². The molecule has 0 unspecified atom stereocenters. The topological polar surface area (TPSA) is 68.4 Å². The molecular weight excluding hydrogens is 338 g/mol. The van der Waals surface area contributed by atoms with E-state index >= 15 is 0 Å². The predicted molar refractivity (Wildman–Crippen MR) is 111 cm³/mol. The molecule has 1 aliphatic heterocycles. The number of nitrogens with zero attached hydrogens (tertiary/aromatic N) is 1. The Labute approximate surface area is 158 Å².